The van der Waals surface area contributed by atoms with E-state index in [-0.39, 0.29) is 0 Å². The van der Waals surface area contributed by atoms with Gasteiger partial charge in [-0.1, -0.05) is 0 Å². The van der Waals surface area contributed by atoms with E-state index in [9.17, 15) is 0 Å². The number of benzene rings is 1. The Labute approximate surface area is 99.5 Å². The van der Waals surface area contributed by atoms with Crippen LogP contribution in [0.2, 0.25) is 0 Å². The molecule has 1 heterocycles. The lowest BCUT2D eigenvalue weighted by atomic mass is 10.1. The van der Waals surface area contributed by atoms with Crippen molar-refractivity contribution >= 4 is 22.3 Å². The van der Waals surface area contributed by atoms with E-state index in [1.54, 1.807) is 20.4 Å². The molecule has 2 aromatic rings. The number of hydrogen-bond acceptors (Lipinski definition) is 5. The van der Waals surface area contributed by atoms with Gasteiger partial charge in [-0.05, 0) is 12.1 Å². The molecule has 90 valence electrons. The number of fused-ring (bicyclic) bond motifs is 1. The Kier molecular flexibility index (Phi) is 2.91. The molecule has 0 bridgehead atoms. The molecule has 0 aliphatic heterocycles. The van der Waals surface area contributed by atoms with Gasteiger partial charge in [-0.2, -0.15) is 0 Å². The maximum Gasteiger partial charge on any atom is 0.145 e. The molecule has 0 unspecified atom stereocenters. The first-order valence-electron chi connectivity index (χ1n) is 5.19. The molecule has 3 N–H and O–H groups in total. The topological polar surface area (TPSA) is 69.4 Å². The van der Waals surface area contributed by atoms with Crippen molar-refractivity contribution in [2.45, 2.75) is 0 Å². The quantitative estimate of drug-likeness (QED) is 0.847. The van der Waals surface area contributed by atoms with E-state index in [0.717, 1.165) is 16.6 Å². The molecule has 0 saturated heterocycles. The Bertz CT molecular complexity index is 555. The first-order chi connectivity index (χ1) is 8.22. The summed E-state index contributed by atoms with van der Waals surface area (Å²) in [5.41, 5.74) is 7.99. The fourth-order valence-corrected chi connectivity index (χ4v) is 1.87. The number of aromatic nitrogens is 1. The number of nitrogens with two attached hydrogens (primary N) is 1. The normalized spacial score (nSPS) is 10.3. The molecule has 0 radical (unpaired) electrons. The van der Waals surface area contributed by atoms with E-state index < -0.39 is 0 Å². The monoisotopic (exact) mass is 233 g/mol. The van der Waals surface area contributed by atoms with Crippen molar-refractivity contribution in [3.8, 4) is 11.5 Å². The van der Waals surface area contributed by atoms with Crippen molar-refractivity contribution < 1.29 is 9.47 Å². The van der Waals surface area contributed by atoms with Crippen molar-refractivity contribution in [1.82, 2.24) is 4.98 Å². The van der Waals surface area contributed by atoms with Gasteiger partial charge in [0, 0.05) is 7.05 Å². The van der Waals surface area contributed by atoms with Crippen LogP contribution < -0.4 is 20.5 Å². The van der Waals surface area contributed by atoms with Crippen LogP contribution in [-0.4, -0.2) is 26.3 Å². The maximum atomic E-state index is 5.89. The highest BCUT2D eigenvalue weighted by Crippen LogP contribution is 2.38. The molecule has 1 aromatic heterocycles. The molecule has 17 heavy (non-hydrogen) atoms. The fourth-order valence-electron chi connectivity index (χ4n) is 1.87. The Hall–Kier alpha value is -2.17. The minimum atomic E-state index is 0.576. The third-order valence-corrected chi connectivity index (χ3v) is 2.66. The third kappa shape index (κ3) is 1.69. The van der Waals surface area contributed by atoms with E-state index >= 15 is 0 Å². The van der Waals surface area contributed by atoms with Crippen LogP contribution >= 0.6 is 0 Å². The van der Waals surface area contributed by atoms with Crippen LogP contribution in [0.4, 0.5) is 11.4 Å². The summed E-state index contributed by atoms with van der Waals surface area (Å²) >= 11 is 0. The molecule has 5 heteroatoms. The molecule has 0 spiro atoms. The second-order valence-corrected chi connectivity index (χ2v) is 3.53. The average molecular weight is 233 g/mol. The molecule has 0 saturated carbocycles. The standard InChI is InChI=1S/C12H15N3O2/c1-14-11-7(13)6-15-12-9(17-3)5-4-8(16-2)10(11)12/h4-6H,13H2,1-3H3,(H,14,15). The molecule has 0 amide bonds. The first-order valence-corrected chi connectivity index (χ1v) is 5.19. The summed E-state index contributed by atoms with van der Waals surface area (Å²) in [6.45, 7) is 0. The van der Waals surface area contributed by atoms with Gasteiger partial charge in [-0.15, -0.1) is 0 Å². The van der Waals surface area contributed by atoms with Crippen LogP contribution in [0.25, 0.3) is 10.9 Å². The summed E-state index contributed by atoms with van der Waals surface area (Å²) in [5, 5.41) is 3.89. The molecule has 0 atom stereocenters. The number of ether oxygens (including phenoxy) is 2. The fraction of sp³-hybridized carbons (Fsp3) is 0.250. The second kappa shape index (κ2) is 4.37. The molecule has 0 aliphatic rings. The number of methoxy groups -OCH3 is 2. The summed E-state index contributed by atoms with van der Waals surface area (Å²) in [6, 6.07) is 3.66. The van der Waals surface area contributed by atoms with Gasteiger partial charge in [0.2, 0.25) is 0 Å². The number of hydrogen-bond donors (Lipinski definition) is 2. The van der Waals surface area contributed by atoms with Gasteiger partial charge in [-0.25, -0.2) is 4.98 Å². The molecule has 5 nitrogen and oxygen atoms in total. The van der Waals surface area contributed by atoms with Gasteiger partial charge in [0.1, 0.15) is 17.0 Å². The summed E-state index contributed by atoms with van der Waals surface area (Å²) in [4.78, 5) is 4.30. The smallest absolute Gasteiger partial charge is 0.145 e. The molecular weight excluding hydrogens is 218 g/mol. The van der Waals surface area contributed by atoms with Crippen molar-refractivity contribution in [3.63, 3.8) is 0 Å². The molecule has 0 aliphatic carbocycles. The lowest BCUT2D eigenvalue weighted by molar-refractivity contribution is 0.410. The van der Waals surface area contributed by atoms with E-state index in [0.29, 0.717) is 17.2 Å². The largest absolute Gasteiger partial charge is 0.496 e. The Balaban J connectivity index is 2.90. The van der Waals surface area contributed by atoms with Crippen molar-refractivity contribution in [2.75, 3.05) is 32.3 Å². The van der Waals surface area contributed by atoms with E-state index in [1.165, 1.54) is 0 Å². The summed E-state index contributed by atoms with van der Waals surface area (Å²) < 4.78 is 10.6. The van der Waals surface area contributed by atoms with Gasteiger partial charge in [-0.3, -0.25) is 0 Å². The highest BCUT2D eigenvalue weighted by molar-refractivity contribution is 6.03. The lowest BCUT2D eigenvalue weighted by Crippen LogP contribution is -2.00. The number of rotatable bonds is 3. The summed E-state index contributed by atoms with van der Waals surface area (Å²) in [7, 11) is 5.03. The molecule has 0 fully saturated rings. The second-order valence-electron chi connectivity index (χ2n) is 3.53. The predicted octanol–water partition coefficient (Wildman–Crippen LogP) is 1.88. The number of pyridine rings is 1. The van der Waals surface area contributed by atoms with Crippen LogP contribution in [-0.2, 0) is 0 Å². The molecule has 1 aromatic carbocycles. The van der Waals surface area contributed by atoms with Crippen LogP contribution in [0.15, 0.2) is 18.3 Å². The van der Waals surface area contributed by atoms with Gasteiger partial charge in [0.25, 0.3) is 0 Å². The number of anilines is 2. The van der Waals surface area contributed by atoms with Crippen LogP contribution in [0.3, 0.4) is 0 Å². The average Bonchev–Trinajstić information content (AvgIpc) is 2.37. The van der Waals surface area contributed by atoms with Crippen molar-refractivity contribution in [3.05, 3.63) is 18.3 Å². The zero-order valence-electron chi connectivity index (χ0n) is 10.1. The molecular formula is C12H15N3O2. The lowest BCUT2D eigenvalue weighted by Gasteiger charge is -2.14. The Morgan fingerprint density at radius 1 is 1.18 bits per heavy atom. The van der Waals surface area contributed by atoms with Crippen molar-refractivity contribution in [2.24, 2.45) is 0 Å². The van der Waals surface area contributed by atoms with Crippen LogP contribution in [0.1, 0.15) is 0 Å². The van der Waals surface area contributed by atoms with E-state index in [4.69, 9.17) is 15.2 Å². The third-order valence-electron chi connectivity index (χ3n) is 2.66. The number of nitrogens with one attached hydrogen (secondary N) is 1. The van der Waals surface area contributed by atoms with E-state index in [2.05, 4.69) is 10.3 Å². The van der Waals surface area contributed by atoms with Crippen LogP contribution in [0.5, 0.6) is 11.5 Å². The summed E-state index contributed by atoms with van der Waals surface area (Å²) in [6.07, 6.45) is 1.61. The first kappa shape index (κ1) is 11.3. The van der Waals surface area contributed by atoms with Gasteiger partial charge >= 0.3 is 0 Å². The zero-order chi connectivity index (χ0) is 12.4. The van der Waals surface area contributed by atoms with Gasteiger partial charge in [0.05, 0.1) is 37.2 Å². The minimum absolute atomic E-state index is 0.576. The van der Waals surface area contributed by atoms with Crippen LogP contribution in [0, 0.1) is 0 Å². The number of nitrogens with zero attached hydrogens (tertiary/aromatic N) is 1. The van der Waals surface area contributed by atoms with Gasteiger partial charge in [0.15, 0.2) is 0 Å². The highest BCUT2D eigenvalue weighted by Gasteiger charge is 2.14. The van der Waals surface area contributed by atoms with E-state index in [1.807, 2.05) is 19.2 Å². The Morgan fingerprint density at radius 2 is 1.82 bits per heavy atom. The maximum absolute atomic E-state index is 5.89. The highest BCUT2D eigenvalue weighted by atomic mass is 16.5. The van der Waals surface area contributed by atoms with Crippen molar-refractivity contribution in [1.29, 1.82) is 0 Å². The predicted molar refractivity (Wildman–Crippen MR) is 68.8 cm³/mol. The minimum Gasteiger partial charge on any atom is -0.496 e. The van der Waals surface area contributed by atoms with Gasteiger partial charge < -0.3 is 20.5 Å². The SMILES string of the molecule is CNc1c(N)cnc2c(OC)ccc(OC)c12. The molecule has 2 rings (SSSR count). The Morgan fingerprint density at radius 3 is 2.41 bits per heavy atom. The number of nitrogen functional groups attached to an aromatic ring is 1. The zero-order valence-corrected chi connectivity index (χ0v) is 10.1. The summed E-state index contributed by atoms with van der Waals surface area (Å²) in [5.74, 6) is 1.40.